The summed E-state index contributed by atoms with van der Waals surface area (Å²) in [4.78, 5) is 12.6. The lowest BCUT2D eigenvalue weighted by molar-refractivity contribution is 0.166. The molecule has 1 heterocycles. The van der Waals surface area contributed by atoms with Crippen molar-refractivity contribution < 1.29 is 9.53 Å². The summed E-state index contributed by atoms with van der Waals surface area (Å²) in [5.41, 5.74) is 2.58. The minimum absolute atomic E-state index is 0.131. The van der Waals surface area contributed by atoms with E-state index in [0.29, 0.717) is 12.5 Å². The van der Waals surface area contributed by atoms with Crippen molar-refractivity contribution in [3.05, 3.63) is 18.5 Å². The van der Waals surface area contributed by atoms with E-state index in [-0.39, 0.29) is 12.1 Å². The van der Waals surface area contributed by atoms with Crippen LogP contribution in [0.4, 0.5) is 4.79 Å². The average Bonchev–Trinajstić information content (AvgIpc) is 2.34. The summed E-state index contributed by atoms with van der Waals surface area (Å²) in [6.45, 7) is 7.99. The summed E-state index contributed by atoms with van der Waals surface area (Å²) in [6, 6.07) is 0.131. The molecule has 0 aromatic rings. The van der Waals surface area contributed by atoms with Gasteiger partial charge in [-0.05, 0) is 5.92 Å². The highest BCUT2D eigenvalue weighted by atomic mass is 16.6. The van der Waals surface area contributed by atoms with Crippen LogP contribution in [0, 0.1) is 5.92 Å². The van der Waals surface area contributed by atoms with E-state index in [1.54, 1.807) is 6.20 Å². The van der Waals surface area contributed by atoms with Crippen LogP contribution < -0.4 is 0 Å². The van der Waals surface area contributed by atoms with E-state index in [1.165, 1.54) is 4.90 Å². The highest BCUT2D eigenvalue weighted by Gasteiger charge is 2.33. The molecule has 1 saturated heterocycles. The van der Waals surface area contributed by atoms with Gasteiger partial charge >= 0.3 is 6.09 Å². The second-order valence-electron chi connectivity index (χ2n) is 3.13. The van der Waals surface area contributed by atoms with E-state index < -0.39 is 0 Å². The smallest absolute Gasteiger partial charge is 0.414 e. The second-order valence-corrected chi connectivity index (χ2v) is 3.13. The summed E-state index contributed by atoms with van der Waals surface area (Å²) < 4.78 is 4.88. The Morgan fingerprint density at radius 1 is 1.83 bits per heavy atom. The highest BCUT2D eigenvalue weighted by molar-refractivity contribution is 5.71. The van der Waals surface area contributed by atoms with E-state index in [4.69, 9.17) is 4.74 Å². The molecule has 0 bridgehead atoms. The molecule has 1 aliphatic heterocycles. The van der Waals surface area contributed by atoms with Gasteiger partial charge in [0.1, 0.15) is 6.61 Å². The maximum absolute atomic E-state index is 11.1. The molecular formula is C9H13NO2. The largest absolute Gasteiger partial charge is 0.447 e. The van der Waals surface area contributed by atoms with Crippen molar-refractivity contribution in [1.82, 2.24) is 4.90 Å². The summed E-state index contributed by atoms with van der Waals surface area (Å²) in [5.74, 6) is 0.390. The zero-order valence-corrected chi connectivity index (χ0v) is 7.41. The van der Waals surface area contributed by atoms with Crippen molar-refractivity contribution in [2.45, 2.75) is 19.9 Å². The minimum atomic E-state index is -0.301. The van der Waals surface area contributed by atoms with Crippen LogP contribution >= 0.6 is 0 Å². The molecule has 3 heteroatoms. The van der Waals surface area contributed by atoms with Crippen LogP contribution in [0.3, 0.4) is 0 Å². The second kappa shape index (κ2) is 3.46. The summed E-state index contributed by atoms with van der Waals surface area (Å²) >= 11 is 0. The van der Waals surface area contributed by atoms with Crippen LogP contribution in [0.2, 0.25) is 0 Å². The number of carbonyl (C=O) groups excluding carboxylic acids is 1. The lowest BCUT2D eigenvalue weighted by Crippen LogP contribution is -2.32. The third kappa shape index (κ3) is 1.51. The minimum Gasteiger partial charge on any atom is -0.447 e. The maximum Gasteiger partial charge on any atom is 0.414 e. The Balaban J connectivity index is 2.76. The van der Waals surface area contributed by atoms with Gasteiger partial charge in [0.25, 0.3) is 0 Å². The molecule has 1 amide bonds. The number of cyclic esters (lactones) is 1. The molecular weight excluding hydrogens is 154 g/mol. The van der Waals surface area contributed by atoms with Crippen LogP contribution in [-0.4, -0.2) is 23.6 Å². The Labute approximate surface area is 72.3 Å². The molecule has 3 nitrogen and oxygen atoms in total. The molecule has 0 spiro atoms. The molecule has 66 valence electrons. The third-order valence-electron chi connectivity index (χ3n) is 1.95. The number of rotatable bonds is 2. The number of carbonyl (C=O) groups is 1. The number of amides is 1. The highest BCUT2D eigenvalue weighted by Crippen LogP contribution is 2.19. The van der Waals surface area contributed by atoms with Crippen LogP contribution in [0.1, 0.15) is 13.8 Å². The van der Waals surface area contributed by atoms with Crippen LogP contribution in [-0.2, 0) is 4.74 Å². The molecule has 1 fully saturated rings. The van der Waals surface area contributed by atoms with E-state index in [1.807, 2.05) is 0 Å². The lowest BCUT2D eigenvalue weighted by atomic mass is 10.1. The van der Waals surface area contributed by atoms with Gasteiger partial charge in [-0.1, -0.05) is 20.4 Å². The molecule has 0 aromatic carbocycles. The monoisotopic (exact) mass is 167 g/mol. The van der Waals surface area contributed by atoms with Gasteiger partial charge in [-0.3, -0.25) is 4.90 Å². The topological polar surface area (TPSA) is 29.5 Å². The van der Waals surface area contributed by atoms with Crippen molar-refractivity contribution in [3.63, 3.8) is 0 Å². The average molecular weight is 167 g/mol. The predicted molar refractivity (Wildman–Crippen MR) is 45.5 cm³/mol. The fourth-order valence-corrected chi connectivity index (χ4v) is 1.21. The van der Waals surface area contributed by atoms with Crippen LogP contribution in [0.5, 0.6) is 0 Å². The molecule has 0 saturated carbocycles. The Hall–Kier alpha value is -1.21. The lowest BCUT2D eigenvalue weighted by Gasteiger charge is -2.19. The molecule has 1 aliphatic rings. The molecule has 0 N–H and O–H groups in total. The first kappa shape index (κ1) is 8.88. The zero-order chi connectivity index (χ0) is 9.14. The van der Waals surface area contributed by atoms with Crippen LogP contribution in [0.25, 0.3) is 0 Å². The quantitative estimate of drug-likeness (QED) is 0.586. The van der Waals surface area contributed by atoms with Gasteiger partial charge < -0.3 is 4.74 Å². The summed E-state index contributed by atoms with van der Waals surface area (Å²) in [5, 5.41) is 0. The van der Waals surface area contributed by atoms with E-state index in [9.17, 15) is 4.79 Å². The van der Waals surface area contributed by atoms with Gasteiger partial charge in [0.05, 0.1) is 12.2 Å². The van der Waals surface area contributed by atoms with Gasteiger partial charge in [-0.15, -0.1) is 5.73 Å². The van der Waals surface area contributed by atoms with Crippen molar-refractivity contribution in [3.8, 4) is 0 Å². The normalized spacial score (nSPS) is 22.4. The van der Waals surface area contributed by atoms with Crippen molar-refractivity contribution in [2.75, 3.05) is 6.61 Å². The fourth-order valence-electron chi connectivity index (χ4n) is 1.21. The molecule has 0 unspecified atom stereocenters. The summed E-state index contributed by atoms with van der Waals surface area (Å²) in [6.07, 6.45) is 1.24. The van der Waals surface area contributed by atoms with E-state index in [2.05, 4.69) is 26.2 Å². The Bertz CT molecular complexity index is 229. The van der Waals surface area contributed by atoms with Gasteiger partial charge in [-0.2, -0.15) is 0 Å². The van der Waals surface area contributed by atoms with Gasteiger partial charge in [-0.25, -0.2) is 4.79 Å². The van der Waals surface area contributed by atoms with E-state index >= 15 is 0 Å². The standard InChI is InChI=1S/C9H13NO2/c1-4-5-10-8(7(2)3)6-12-9(10)11/h5,7-8H,1,6H2,2-3H3/t8-/m1/s1. The van der Waals surface area contributed by atoms with E-state index in [0.717, 1.165) is 0 Å². The number of hydrogen-bond acceptors (Lipinski definition) is 2. The molecule has 0 aliphatic carbocycles. The SMILES string of the molecule is C=C=CN1C(=O)OC[C@@H]1C(C)C. The molecule has 0 aromatic heterocycles. The fraction of sp³-hybridized carbons (Fsp3) is 0.556. The van der Waals surface area contributed by atoms with Crippen molar-refractivity contribution in [1.29, 1.82) is 0 Å². The van der Waals surface area contributed by atoms with Crippen LogP contribution in [0.15, 0.2) is 18.5 Å². The molecule has 1 rings (SSSR count). The predicted octanol–water partition coefficient (Wildman–Crippen LogP) is 1.76. The Morgan fingerprint density at radius 2 is 2.50 bits per heavy atom. The first-order valence-corrected chi connectivity index (χ1v) is 3.98. The first-order chi connectivity index (χ1) is 5.66. The van der Waals surface area contributed by atoms with Crippen molar-refractivity contribution in [2.24, 2.45) is 5.92 Å². The molecule has 12 heavy (non-hydrogen) atoms. The first-order valence-electron chi connectivity index (χ1n) is 3.98. The molecule has 0 radical (unpaired) electrons. The van der Waals surface area contributed by atoms with Gasteiger partial charge in [0, 0.05) is 0 Å². The number of nitrogens with zero attached hydrogens (tertiary/aromatic N) is 1. The Morgan fingerprint density at radius 3 is 3.00 bits per heavy atom. The zero-order valence-electron chi connectivity index (χ0n) is 7.41. The van der Waals surface area contributed by atoms with Gasteiger partial charge in [0.15, 0.2) is 0 Å². The van der Waals surface area contributed by atoms with Crippen molar-refractivity contribution >= 4 is 6.09 Å². The maximum atomic E-state index is 11.1. The molecule has 1 atom stereocenters. The Kier molecular flexibility index (Phi) is 2.56. The summed E-state index contributed by atoms with van der Waals surface area (Å²) in [7, 11) is 0. The number of hydrogen-bond donors (Lipinski definition) is 0. The van der Waals surface area contributed by atoms with Gasteiger partial charge in [0.2, 0.25) is 0 Å². The number of ether oxygens (including phenoxy) is 1. The third-order valence-corrected chi connectivity index (χ3v) is 1.95.